The molecule has 0 fully saturated rings. The van der Waals surface area contributed by atoms with Crippen LogP contribution in [0.2, 0.25) is 0 Å². The molecule has 2 rings (SSSR count). The van der Waals surface area contributed by atoms with Crippen molar-refractivity contribution in [3.63, 3.8) is 0 Å². The molecule has 90 valence electrons. The minimum Gasteiger partial charge on any atom is -0.351 e. The highest BCUT2D eigenvalue weighted by atomic mass is 32.1. The summed E-state index contributed by atoms with van der Waals surface area (Å²) >= 11 is 1.67. The number of aromatic nitrogens is 1. The second-order valence-corrected chi connectivity index (χ2v) is 5.06. The maximum atomic E-state index is 5.58. The fourth-order valence-electron chi connectivity index (χ4n) is 1.61. The van der Waals surface area contributed by atoms with Gasteiger partial charge in [0.1, 0.15) is 0 Å². The van der Waals surface area contributed by atoms with Gasteiger partial charge in [-0.15, -0.1) is 11.3 Å². The Hall–Kier alpha value is -1.39. The molecule has 0 aliphatic heterocycles. The van der Waals surface area contributed by atoms with Gasteiger partial charge in [-0.25, -0.2) is 4.98 Å². The first kappa shape index (κ1) is 12.1. The third kappa shape index (κ3) is 3.28. The molecule has 3 nitrogen and oxygen atoms in total. The van der Waals surface area contributed by atoms with Gasteiger partial charge in [0.2, 0.25) is 0 Å². The van der Waals surface area contributed by atoms with Crippen molar-refractivity contribution in [1.29, 1.82) is 0 Å². The first-order valence-electron chi connectivity index (χ1n) is 5.69. The summed E-state index contributed by atoms with van der Waals surface area (Å²) in [6.45, 7) is 1.55. The number of nitrogens with two attached hydrogens (primary N) is 1. The number of likely N-dealkylation sites (N-methyl/N-ethyl adjacent to an activating group) is 1. The molecule has 2 N–H and O–H groups in total. The van der Waals surface area contributed by atoms with E-state index in [9.17, 15) is 0 Å². The molecule has 0 atom stereocenters. The molecule has 0 unspecified atom stereocenters. The van der Waals surface area contributed by atoms with Crippen molar-refractivity contribution in [3.8, 4) is 0 Å². The van der Waals surface area contributed by atoms with Crippen molar-refractivity contribution < 1.29 is 0 Å². The molecule has 0 aliphatic carbocycles. The molecule has 0 radical (unpaired) electrons. The SMILES string of the molecule is CN(CCc1ccccc1)c1ncc(CN)s1. The summed E-state index contributed by atoms with van der Waals surface area (Å²) < 4.78 is 0. The Balaban J connectivity index is 1.91. The second-order valence-electron chi connectivity index (χ2n) is 3.97. The van der Waals surface area contributed by atoms with E-state index in [-0.39, 0.29) is 0 Å². The molecule has 17 heavy (non-hydrogen) atoms. The second kappa shape index (κ2) is 5.80. The summed E-state index contributed by atoms with van der Waals surface area (Å²) in [6, 6.07) is 10.5. The predicted octanol–water partition coefficient (Wildman–Crippen LogP) is 2.28. The first-order valence-corrected chi connectivity index (χ1v) is 6.51. The van der Waals surface area contributed by atoms with Gasteiger partial charge >= 0.3 is 0 Å². The van der Waals surface area contributed by atoms with Crippen LogP contribution in [0.15, 0.2) is 36.5 Å². The monoisotopic (exact) mass is 247 g/mol. The fourth-order valence-corrected chi connectivity index (χ4v) is 2.38. The number of nitrogens with zero attached hydrogens (tertiary/aromatic N) is 2. The summed E-state index contributed by atoms with van der Waals surface area (Å²) in [7, 11) is 2.07. The van der Waals surface area contributed by atoms with Crippen LogP contribution in [-0.4, -0.2) is 18.6 Å². The molecule has 1 aromatic heterocycles. The third-order valence-electron chi connectivity index (χ3n) is 2.65. The van der Waals surface area contributed by atoms with E-state index >= 15 is 0 Å². The Morgan fingerprint density at radius 1 is 1.29 bits per heavy atom. The average Bonchev–Trinajstić information content (AvgIpc) is 2.86. The molecule has 1 aromatic carbocycles. The summed E-state index contributed by atoms with van der Waals surface area (Å²) in [5, 5.41) is 1.04. The van der Waals surface area contributed by atoms with Crippen LogP contribution in [-0.2, 0) is 13.0 Å². The van der Waals surface area contributed by atoms with E-state index in [0.29, 0.717) is 6.54 Å². The van der Waals surface area contributed by atoms with Gasteiger partial charge in [-0.1, -0.05) is 30.3 Å². The molecule has 0 amide bonds. The van der Waals surface area contributed by atoms with Crippen LogP contribution in [0.1, 0.15) is 10.4 Å². The van der Waals surface area contributed by atoms with Gasteiger partial charge in [0.05, 0.1) is 0 Å². The maximum Gasteiger partial charge on any atom is 0.185 e. The molecule has 0 bridgehead atoms. The smallest absolute Gasteiger partial charge is 0.185 e. The van der Waals surface area contributed by atoms with Crippen molar-refractivity contribution >= 4 is 16.5 Å². The standard InChI is InChI=1S/C13H17N3S/c1-16(13-15-10-12(9-14)17-13)8-7-11-5-3-2-4-6-11/h2-6,10H,7-9,14H2,1H3. The van der Waals surface area contributed by atoms with Crippen LogP contribution >= 0.6 is 11.3 Å². The quantitative estimate of drug-likeness (QED) is 0.881. The summed E-state index contributed by atoms with van der Waals surface area (Å²) in [5.74, 6) is 0. The molecule has 0 aliphatic rings. The number of thiazole rings is 1. The number of hydrogen-bond acceptors (Lipinski definition) is 4. The predicted molar refractivity (Wildman–Crippen MR) is 73.4 cm³/mol. The lowest BCUT2D eigenvalue weighted by atomic mass is 10.1. The van der Waals surface area contributed by atoms with Gasteiger partial charge in [0.25, 0.3) is 0 Å². The van der Waals surface area contributed by atoms with E-state index < -0.39 is 0 Å². The van der Waals surface area contributed by atoms with Gasteiger partial charge in [-0.3, -0.25) is 0 Å². The molecule has 2 aromatic rings. The van der Waals surface area contributed by atoms with E-state index in [1.165, 1.54) is 5.56 Å². The third-order valence-corrected chi connectivity index (χ3v) is 3.78. The molecule has 4 heteroatoms. The zero-order valence-corrected chi connectivity index (χ0v) is 10.8. The highest BCUT2D eigenvalue weighted by molar-refractivity contribution is 7.15. The molecule has 0 saturated carbocycles. The maximum absolute atomic E-state index is 5.58. The van der Waals surface area contributed by atoms with Crippen LogP contribution in [0, 0.1) is 0 Å². The van der Waals surface area contributed by atoms with Crippen LogP contribution in [0.5, 0.6) is 0 Å². The summed E-state index contributed by atoms with van der Waals surface area (Å²) in [5.41, 5.74) is 6.94. The Kier molecular flexibility index (Phi) is 4.12. The number of hydrogen-bond donors (Lipinski definition) is 1. The fraction of sp³-hybridized carbons (Fsp3) is 0.308. The molecule has 0 spiro atoms. The summed E-state index contributed by atoms with van der Waals surface area (Å²) in [4.78, 5) is 7.67. The van der Waals surface area contributed by atoms with Crippen molar-refractivity contribution in [3.05, 3.63) is 47.0 Å². The number of anilines is 1. The van der Waals surface area contributed by atoms with Gasteiger partial charge in [0.15, 0.2) is 5.13 Å². The van der Waals surface area contributed by atoms with Crippen molar-refractivity contribution in [2.24, 2.45) is 5.73 Å². The molecule has 1 heterocycles. The number of rotatable bonds is 5. The summed E-state index contributed by atoms with van der Waals surface area (Å²) in [6.07, 6.45) is 2.90. The Labute approximate surface area is 106 Å². The van der Waals surface area contributed by atoms with E-state index in [4.69, 9.17) is 5.73 Å². The van der Waals surface area contributed by atoms with Gasteiger partial charge in [-0.05, 0) is 12.0 Å². The van der Waals surface area contributed by atoms with Gasteiger partial charge in [0, 0.05) is 31.2 Å². The molecule has 0 saturated heterocycles. The topological polar surface area (TPSA) is 42.2 Å². The zero-order valence-electron chi connectivity index (χ0n) is 9.97. The zero-order chi connectivity index (χ0) is 12.1. The van der Waals surface area contributed by atoms with Crippen molar-refractivity contribution in [2.45, 2.75) is 13.0 Å². The van der Waals surface area contributed by atoms with E-state index in [2.05, 4.69) is 41.2 Å². The van der Waals surface area contributed by atoms with Crippen LogP contribution in [0.3, 0.4) is 0 Å². The van der Waals surface area contributed by atoms with Crippen molar-refractivity contribution in [1.82, 2.24) is 4.98 Å². The Morgan fingerprint density at radius 2 is 2.06 bits per heavy atom. The first-order chi connectivity index (χ1) is 8.29. The largest absolute Gasteiger partial charge is 0.351 e. The average molecular weight is 247 g/mol. The minimum atomic E-state index is 0.574. The van der Waals surface area contributed by atoms with Crippen LogP contribution < -0.4 is 10.6 Å². The Morgan fingerprint density at radius 3 is 2.71 bits per heavy atom. The highest BCUT2D eigenvalue weighted by Gasteiger charge is 2.06. The minimum absolute atomic E-state index is 0.574. The highest BCUT2D eigenvalue weighted by Crippen LogP contribution is 2.21. The normalized spacial score (nSPS) is 10.5. The molecular weight excluding hydrogens is 230 g/mol. The van der Waals surface area contributed by atoms with Crippen LogP contribution in [0.4, 0.5) is 5.13 Å². The molecular formula is C13H17N3S. The Bertz CT molecular complexity index is 453. The van der Waals surface area contributed by atoms with Crippen LogP contribution in [0.25, 0.3) is 0 Å². The lowest BCUT2D eigenvalue weighted by molar-refractivity contribution is 0.871. The van der Waals surface area contributed by atoms with Crippen molar-refractivity contribution in [2.75, 3.05) is 18.5 Å². The van der Waals surface area contributed by atoms with E-state index in [1.807, 2.05) is 12.3 Å². The van der Waals surface area contributed by atoms with E-state index in [1.54, 1.807) is 11.3 Å². The lowest BCUT2D eigenvalue weighted by Gasteiger charge is -2.15. The van der Waals surface area contributed by atoms with Gasteiger partial charge < -0.3 is 10.6 Å². The number of benzene rings is 1. The van der Waals surface area contributed by atoms with E-state index in [0.717, 1.165) is 23.0 Å². The van der Waals surface area contributed by atoms with Gasteiger partial charge in [-0.2, -0.15) is 0 Å². The lowest BCUT2D eigenvalue weighted by Crippen LogP contribution is -2.19.